The molecule has 0 aliphatic rings. The summed E-state index contributed by atoms with van der Waals surface area (Å²) < 4.78 is 10.0. The summed E-state index contributed by atoms with van der Waals surface area (Å²) in [6, 6.07) is 5.30. The molecule has 0 radical (unpaired) electrons. The van der Waals surface area contributed by atoms with Gasteiger partial charge in [-0.2, -0.15) is 0 Å². The van der Waals surface area contributed by atoms with E-state index >= 15 is 0 Å². The number of carbonyl (C=O) groups excluding carboxylic acids is 1. The molecule has 2 N–H and O–H groups in total. The first-order valence-corrected chi connectivity index (χ1v) is 6.03. The van der Waals surface area contributed by atoms with Crippen molar-refractivity contribution in [1.82, 2.24) is 4.98 Å². The Bertz CT molecular complexity index is 538. The number of nitrogens with two attached hydrogens (primary N) is 1. The molecule has 0 bridgehead atoms. The first-order valence-electron chi connectivity index (χ1n) is 5.05. The topological polar surface area (TPSA) is 78.3 Å². The summed E-state index contributed by atoms with van der Waals surface area (Å²) >= 11 is 1.38. The monoisotopic (exact) mass is 252 g/mol. The number of hydrogen-bond donors (Lipinski definition) is 1. The predicted molar refractivity (Wildman–Crippen MR) is 65.8 cm³/mol. The van der Waals surface area contributed by atoms with Crippen molar-refractivity contribution in [3.63, 3.8) is 0 Å². The highest BCUT2D eigenvalue weighted by Gasteiger charge is 2.08. The summed E-state index contributed by atoms with van der Waals surface area (Å²) in [5.74, 6) is 0.340. The van der Waals surface area contributed by atoms with Crippen LogP contribution in [-0.2, 0) is 9.53 Å². The van der Waals surface area contributed by atoms with Crippen LogP contribution in [0.2, 0.25) is 0 Å². The van der Waals surface area contributed by atoms with E-state index in [1.54, 1.807) is 18.2 Å². The average Bonchev–Trinajstić information content (AvgIpc) is 2.70. The smallest absolute Gasteiger partial charge is 0.306 e. The van der Waals surface area contributed by atoms with Gasteiger partial charge in [-0.05, 0) is 12.1 Å². The van der Waals surface area contributed by atoms with Crippen LogP contribution in [0.25, 0.3) is 11.1 Å². The minimum atomic E-state index is -0.238. The zero-order valence-corrected chi connectivity index (χ0v) is 10.1. The van der Waals surface area contributed by atoms with Crippen molar-refractivity contribution in [2.24, 2.45) is 0 Å². The van der Waals surface area contributed by atoms with E-state index in [9.17, 15) is 4.79 Å². The van der Waals surface area contributed by atoms with Crippen molar-refractivity contribution >= 4 is 34.5 Å². The van der Waals surface area contributed by atoms with Crippen molar-refractivity contribution in [3.8, 4) is 0 Å². The van der Waals surface area contributed by atoms with Crippen LogP contribution in [0.15, 0.2) is 27.8 Å². The highest BCUT2D eigenvalue weighted by molar-refractivity contribution is 7.99. The number of ether oxygens (including phenoxy) is 1. The number of hydrogen-bond acceptors (Lipinski definition) is 6. The van der Waals surface area contributed by atoms with Crippen molar-refractivity contribution in [1.29, 1.82) is 0 Å². The molecule has 5 nitrogen and oxygen atoms in total. The molecular formula is C11H12N2O3S. The number of anilines is 1. The summed E-state index contributed by atoms with van der Waals surface area (Å²) in [6.45, 7) is 0. The Kier molecular flexibility index (Phi) is 3.53. The Balaban J connectivity index is 2.02. The van der Waals surface area contributed by atoms with E-state index in [4.69, 9.17) is 10.2 Å². The molecule has 2 rings (SSSR count). The fourth-order valence-electron chi connectivity index (χ4n) is 1.31. The lowest BCUT2D eigenvalue weighted by molar-refractivity contribution is -0.140. The van der Waals surface area contributed by atoms with Gasteiger partial charge >= 0.3 is 5.97 Å². The number of methoxy groups -OCH3 is 1. The molecule has 0 amide bonds. The van der Waals surface area contributed by atoms with Gasteiger partial charge < -0.3 is 14.9 Å². The Labute approximate surface area is 102 Å². The molecule has 0 aliphatic heterocycles. The van der Waals surface area contributed by atoms with Gasteiger partial charge in [0.05, 0.1) is 13.5 Å². The molecule has 0 fully saturated rings. The van der Waals surface area contributed by atoms with Gasteiger partial charge in [0.15, 0.2) is 5.58 Å². The van der Waals surface area contributed by atoms with Crippen LogP contribution < -0.4 is 5.73 Å². The normalized spacial score (nSPS) is 10.6. The standard InChI is InChI=1S/C11H12N2O3S/c1-15-10(14)4-5-17-11-13-8-3-2-7(12)6-9(8)16-11/h2-3,6H,4-5,12H2,1H3. The summed E-state index contributed by atoms with van der Waals surface area (Å²) in [4.78, 5) is 15.2. The van der Waals surface area contributed by atoms with Gasteiger partial charge in [0.25, 0.3) is 5.22 Å². The minimum Gasteiger partial charge on any atom is -0.469 e. The third-order valence-electron chi connectivity index (χ3n) is 2.15. The van der Waals surface area contributed by atoms with Crippen molar-refractivity contribution in [2.45, 2.75) is 11.6 Å². The number of fused-ring (bicyclic) bond motifs is 1. The van der Waals surface area contributed by atoms with Crippen LogP contribution in [0.3, 0.4) is 0 Å². The molecule has 0 atom stereocenters. The van der Waals surface area contributed by atoms with Crippen LogP contribution in [0.4, 0.5) is 5.69 Å². The van der Waals surface area contributed by atoms with Crippen LogP contribution in [0.5, 0.6) is 0 Å². The fourth-order valence-corrected chi connectivity index (χ4v) is 2.06. The van der Waals surface area contributed by atoms with E-state index in [1.807, 2.05) is 0 Å². The first-order chi connectivity index (χ1) is 8.19. The number of nitrogen functional groups attached to an aromatic ring is 1. The van der Waals surface area contributed by atoms with Crippen LogP contribution in [-0.4, -0.2) is 23.8 Å². The van der Waals surface area contributed by atoms with E-state index < -0.39 is 0 Å². The Morgan fingerprint density at radius 3 is 3.18 bits per heavy atom. The molecule has 1 heterocycles. The molecule has 0 saturated heterocycles. The van der Waals surface area contributed by atoms with Gasteiger partial charge in [0.1, 0.15) is 5.52 Å². The summed E-state index contributed by atoms with van der Waals surface area (Å²) in [7, 11) is 1.37. The molecule has 0 unspecified atom stereocenters. The van der Waals surface area contributed by atoms with E-state index in [0.29, 0.717) is 28.7 Å². The molecule has 2 aromatic rings. The van der Waals surface area contributed by atoms with E-state index in [2.05, 4.69) is 9.72 Å². The number of benzene rings is 1. The quantitative estimate of drug-likeness (QED) is 0.510. The van der Waals surface area contributed by atoms with Crippen LogP contribution in [0, 0.1) is 0 Å². The number of rotatable bonds is 4. The molecule has 6 heteroatoms. The lowest BCUT2D eigenvalue weighted by Crippen LogP contribution is -2.00. The molecule has 0 spiro atoms. The second-order valence-electron chi connectivity index (χ2n) is 3.38. The lowest BCUT2D eigenvalue weighted by atomic mass is 10.3. The number of carbonyl (C=O) groups is 1. The lowest BCUT2D eigenvalue weighted by Gasteiger charge is -1.95. The Morgan fingerprint density at radius 1 is 1.59 bits per heavy atom. The summed E-state index contributed by atoms with van der Waals surface area (Å²) in [5, 5.41) is 0.537. The molecule has 0 aliphatic carbocycles. The third-order valence-corrected chi connectivity index (χ3v) is 2.98. The number of esters is 1. The molecule has 0 saturated carbocycles. The maximum atomic E-state index is 10.9. The summed E-state index contributed by atoms with van der Waals surface area (Å²) in [5.41, 5.74) is 7.70. The van der Waals surface area contributed by atoms with Crippen molar-refractivity contribution < 1.29 is 13.9 Å². The van der Waals surface area contributed by atoms with E-state index in [1.165, 1.54) is 18.9 Å². The van der Waals surface area contributed by atoms with Crippen LogP contribution >= 0.6 is 11.8 Å². The van der Waals surface area contributed by atoms with E-state index in [-0.39, 0.29) is 5.97 Å². The molecular weight excluding hydrogens is 240 g/mol. The van der Waals surface area contributed by atoms with Crippen molar-refractivity contribution in [3.05, 3.63) is 18.2 Å². The number of nitrogens with zero attached hydrogens (tertiary/aromatic N) is 1. The molecule has 1 aromatic carbocycles. The second kappa shape index (κ2) is 5.09. The van der Waals surface area contributed by atoms with Gasteiger partial charge in [-0.25, -0.2) is 4.98 Å². The van der Waals surface area contributed by atoms with Gasteiger partial charge in [0.2, 0.25) is 0 Å². The molecule has 90 valence electrons. The van der Waals surface area contributed by atoms with Gasteiger partial charge in [-0.3, -0.25) is 4.79 Å². The third kappa shape index (κ3) is 2.91. The highest BCUT2D eigenvalue weighted by Crippen LogP contribution is 2.25. The SMILES string of the molecule is COC(=O)CCSc1nc2ccc(N)cc2o1. The second-order valence-corrected chi connectivity index (χ2v) is 4.43. The van der Waals surface area contributed by atoms with Crippen LogP contribution in [0.1, 0.15) is 6.42 Å². The van der Waals surface area contributed by atoms with E-state index in [0.717, 1.165) is 5.52 Å². The first kappa shape index (κ1) is 11.8. The van der Waals surface area contributed by atoms with Gasteiger partial charge in [-0.15, -0.1) is 0 Å². The number of oxazole rings is 1. The van der Waals surface area contributed by atoms with Gasteiger partial charge in [-0.1, -0.05) is 11.8 Å². The molecule has 17 heavy (non-hydrogen) atoms. The largest absolute Gasteiger partial charge is 0.469 e. The highest BCUT2D eigenvalue weighted by atomic mass is 32.2. The zero-order valence-electron chi connectivity index (χ0n) is 9.30. The van der Waals surface area contributed by atoms with Crippen molar-refractivity contribution in [2.75, 3.05) is 18.6 Å². The number of aromatic nitrogens is 1. The Hall–Kier alpha value is -1.69. The Morgan fingerprint density at radius 2 is 2.41 bits per heavy atom. The maximum absolute atomic E-state index is 10.9. The average molecular weight is 252 g/mol. The summed E-state index contributed by atoms with van der Waals surface area (Å²) in [6.07, 6.45) is 0.335. The molecule has 1 aromatic heterocycles. The maximum Gasteiger partial charge on any atom is 0.306 e. The predicted octanol–water partition coefficient (Wildman–Crippen LogP) is 2.07. The number of thioether (sulfide) groups is 1. The minimum absolute atomic E-state index is 0.238. The van der Waals surface area contributed by atoms with Gasteiger partial charge in [0, 0.05) is 17.5 Å². The zero-order chi connectivity index (χ0) is 12.3. The fraction of sp³-hybridized carbons (Fsp3) is 0.273.